The molecule has 0 spiro atoms. The Balaban J connectivity index is 3.14. The number of allylic oxidation sites excluding steroid dienone is 2. The average Bonchev–Trinajstić information content (AvgIpc) is 1.35. The van der Waals surface area contributed by atoms with Crippen LogP contribution in [0.2, 0.25) is 0 Å². The Labute approximate surface area is 54.9 Å². The van der Waals surface area contributed by atoms with Gasteiger partial charge >= 0.3 is 0 Å². The van der Waals surface area contributed by atoms with Crippen LogP contribution in [0.1, 0.15) is 6.92 Å². The van der Waals surface area contributed by atoms with Crippen LogP contribution >= 0.6 is 31.9 Å². The van der Waals surface area contributed by atoms with Gasteiger partial charge in [-0.2, -0.15) is 0 Å². The molecule has 0 aromatic rings. The summed E-state index contributed by atoms with van der Waals surface area (Å²) in [5.74, 6) is 0. The second kappa shape index (κ2) is 3.88. The molecule has 0 nitrogen and oxygen atoms in total. The molecular formula is C4H6Br2. The Morgan fingerprint density at radius 3 is 2.33 bits per heavy atom. The predicted octanol–water partition coefficient (Wildman–Crippen LogP) is 2.68. The van der Waals surface area contributed by atoms with Gasteiger partial charge in [0.25, 0.3) is 0 Å². The summed E-state index contributed by atoms with van der Waals surface area (Å²) in [5.41, 5.74) is 0. The van der Waals surface area contributed by atoms with Gasteiger partial charge in [0.05, 0.1) is 0 Å². The molecule has 0 fully saturated rings. The summed E-state index contributed by atoms with van der Waals surface area (Å²) in [4.78, 5) is 0. The third-order valence-electron chi connectivity index (χ3n) is 0.358. The van der Waals surface area contributed by atoms with E-state index in [0.29, 0.717) is 0 Å². The maximum atomic E-state index is 3.27. The molecule has 0 aromatic carbocycles. The lowest BCUT2D eigenvalue weighted by atomic mass is 10.6. The summed E-state index contributed by atoms with van der Waals surface area (Å²) in [6.07, 6.45) is 2.04. The molecule has 0 aromatic heterocycles. The van der Waals surface area contributed by atoms with Crippen LogP contribution in [0.25, 0.3) is 0 Å². The van der Waals surface area contributed by atoms with E-state index >= 15 is 0 Å². The minimum absolute atomic E-state index is 0.935. The van der Waals surface area contributed by atoms with Crippen LogP contribution in [0.4, 0.5) is 0 Å². The van der Waals surface area contributed by atoms with E-state index in [0.717, 1.165) is 5.33 Å². The van der Waals surface area contributed by atoms with E-state index in [1.807, 2.05) is 13.0 Å². The zero-order chi connectivity index (χ0) is 4.99. The van der Waals surface area contributed by atoms with Crippen molar-refractivity contribution in [2.24, 2.45) is 0 Å². The second-order valence-corrected chi connectivity index (χ2v) is 2.84. The van der Waals surface area contributed by atoms with Crippen LogP contribution in [-0.4, -0.2) is 5.33 Å². The molecule has 0 rings (SSSR count). The zero-order valence-electron chi connectivity index (χ0n) is 3.54. The van der Waals surface area contributed by atoms with E-state index in [-0.39, 0.29) is 0 Å². The van der Waals surface area contributed by atoms with Crippen molar-refractivity contribution in [3.63, 3.8) is 0 Å². The van der Waals surface area contributed by atoms with Crippen LogP contribution in [0.3, 0.4) is 0 Å². The number of halogens is 2. The molecule has 0 heterocycles. The highest BCUT2D eigenvalue weighted by Crippen LogP contribution is 2.01. The van der Waals surface area contributed by atoms with Crippen LogP contribution < -0.4 is 0 Å². The van der Waals surface area contributed by atoms with Crippen molar-refractivity contribution in [2.45, 2.75) is 6.92 Å². The first kappa shape index (κ1) is 6.70. The molecule has 0 bridgehead atoms. The first-order valence-electron chi connectivity index (χ1n) is 1.65. The normalized spacial score (nSPS) is 12.2. The summed E-state index contributed by atoms with van der Waals surface area (Å²) in [6, 6.07) is 0. The molecule has 0 aliphatic carbocycles. The molecule has 0 atom stereocenters. The van der Waals surface area contributed by atoms with E-state index in [1.165, 1.54) is 4.48 Å². The van der Waals surface area contributed by atoms with Gasteiger partial charge in [0.15, 0.2) is 0 Å². The summed E-state index contributed by atoms with van der Waals surface area (Å²) >= 11 is 6.51. The predicted molar refractivity (Wildman–Crippen MR) is 36.5 cm³/mol. The monoisotopic (exact) mass is 212 g/mol. The molecule has 0 aliphatic heterocycles. The molecule has 0 aliphatic rings. The standard InChI is InChI=1S/C4H6Br2/c1-4(6)2-3-5/h2H,3H2,1H3. The number of alkyl halides is 1. The van der Waals surface area contributed by atoms with Gasteiger partial charge in [-0.25, -0.2) is 0 Å². The largest absolute Gasteiger partial charge is 0.0883 e. The van der Waals surface area contributed by atoms with Crippen LogP contribution in [-0.2, 0) is 0 Å². The van der Waals surface area contributed by atoms with E-state index in [4.69, 9.17) is 0 Å². The van der Waals surface area contributed by atoms with Crippen LogP contribution in [0.15, 0.2) is 10.6 Å². The lowest BCUT2D eigenvalue weighted by Gasteiger charge is -1.76. The first-order valence-corrected chi connectivity index (χ1v) is 3.57. The fourth-order valence-electron chi connectivity index (χ4n) is 0.106. The Kier molecular flexibility index (Phi) is 4.33. The maximum Gasteiger partial charge on any atom is 0.0222 e. The fourth-order valence-corrected chi connectivity index (χ4v) is 1.19. The van der Waals surface area contributed by atoms with Gasteiger partial charge in [0.1, 0.15) is 0 Å². The number of hydrogen-bond donors (Lipinski definition) is 0. The SMILES string of the molecule is CC(Br)=CCBr. The molecule has 0 unspecified atom stereocenters. The molecule has 0 saturated heterocycles. The van der Waals surface area contributed by atoms with E-state index in [9.17, 15) is 0 Å². The minimum atomic E-state index is 0.935. The molecular weight excluding hydrogens is 208 g/mol. The average molecular weight is 214 g/mol. The van der Waals surface area contributed by atoms with E-state index in [2.05, 4.69) is 31.9 Å². The molecule has 0 amide bonds. The van der Waals surface area contributed by atoms with Gasteiger partial charge in [-0.3, -0.25) is 0 Å². The van der Waals surface area contributed by atoms with Gasteiger partial charge in [-0.15, -0.1) is 0 Å². The summed E-state index contributed by atoms with van der Waals surface area (Å²) in [6.45, 7) is 2.00. The van der Waals surface area contributed by atoms with Gasteiger partial charge in [-0.1, -0.05) is 37.9 Å². The molecule has 0 radical (unpaired) electrons. The van der Waals surface area contributed by atoms with Gasteiger partial charge in [0, 0.05) is 5.33 Å². The van der Waals surface area contributed by atoms with E-state index in [1.54, 1.807) is 0 Å². The van der Waals surface area contributed by atoms with Crippen LogP contribution in [0.5, 0.6) is 0 Å². The molecule has 0 N–H and O–H groups in total. The first-order chi connectivity index (χ1) is 2.77. The summed E-state index contributed by atoms with van der Waals surface area (Å²) in [5, 5.41) is 0.935. The Hall–Kier alpha value is 0.700. The van der Waals surface area contributed by atoms with Crippen molar-refractivity contribution in [3.05, 3.63) is 10.6 Å². The molecule has 6 heavy (non-hydrogen) atoms. The lowest BCUT2D eigenvalue weighted by Crippen LogP contribution is -1.57. The number of rotatable bonds is 1. The van der Waals surface area contributed by atoms with E-state index < -0.39 is 0 Å². The van der Waals surface area contributed by atoms with Crippen LogP contribution in [0, 0.1) is 0 Å². The summed E-state index contributed by atoms with van der Waals surface area (Å²) in [7, 11) is 0. The quantitative estimate of drug-likeness (QED) is 0.588. The Morgan fingerprint density at radius 2 is 2.33 bits per heavy atom. The molecule has 0 saturated carbocycles. The van der Waals surface area contributed by atoms with Crippen molar-refractivity contribution >= 4 is 31.9 Å². The van der Waals surface area contributed by atoms with Crippen molar-refractivity contribution in [2.75, 3.05) is 5.33 Å². The third-order valence-corrected chi connectivity index (χ3v) is 1.01. The Bertz CT molecular complexity index is 52.6. The van der Waals surface area contributed by atoms with Gasteiger partial charge in [-0.05, 0) is 11.4 Å². The molecule has 2 heteroatoms. The van der Waals surface area contributed by atoms with Crippen molar-refractivity contribution in [1.82, 2.24) is 0 Å². The van der Waals surface area contributed by atoms with Gasteiger partial charge in [0.2, 0.25) is 0 Å². The van der Waals surface area contributed by atoms with Crippen molar-refractivity contribution in [3.8, 4) is 0 Å². The third kappa shape index (κ3) is 4.70. The van der Waals surface area contributed by atoms with Crippen molar-refractivity contribution in [1.29, 1.82) is 0 Å². The topological polar surface area (TPSA) is 0 Å². The lowest BCUT2D eigenvalue weighted by molar-refractivity contribution is 1.64. The minimum Gasteiger partial charge on any atom is -0.0883 e. The zero-order valence-corrected chi connectivity index (χ0v) is 6.71. The van der Waals surface area contributed by atoms with Crippen molar-refractivity contribution < 1.29 is 0 Å². The summed E-state index contributed by atoms with van der Waals surface area (Å²) < 4.78 is 1.18. The molecule has 36 valence electrons. The number of hydrogen-bond acceptors (Lipinski definition) is 0. The maximum absolute atomic E-state index is 3.27. The highest BCUT2D eigenvalue weighted by molar-refractivity contribution is 9.11. The second-order valence-electron chi connectivity index (χ2n) is 0.945. The fraction of sp³-hybridized carbons (Fsp3) is 0.500. The Morgan fingerprint density at radius 1 is 1.83 bits per heavy atom. The highest BCUT2D eigenvalue weighted by Gasteiger charge is 1.71. The smallest absolute Gasteiger partial charge is 0.0222 e. The highest BCUT2D eigenvalue weighted by atomic mass is 79.9. The van der Waals surface area contributed by atoms with Gasteiger partial charge < -0.3 is 0 Å².